The summed E-state index contributed by atoms with van der Waals surface area (Å²) in [4.78, 5) is 29.6. The van der Waals surface area contributed by atoms with E-state index < -0.39 is 0 Å². The zero-order valence-corrected chi connectivity index (χ0v) is 17.3. The molecule has 2 amide bonds. The molecule has 1 aromatic carbocycles. The van der Waals surface area contributed by atoms with Gasteiger partial charge in [-0.1, -0.05) is 30.7 Å². The Kier molecular flexibility index (Phi) is 9.07. The molecule has 0 aliphatic carbocycles. The Hall–Kier alpha value is -2.28. The topological polar surface area (TPSA) is 83.0 Å². The second-order valence-electron chi connectivity index (χ2n) is 6.52. The maximum absolute atomic E-state index is 11.9. The summed E-state index contributed by atoms with van der Waals surface area (Å²) in [5, 5.41) is 6.92. The van der Waals surface area contributed by atoms with E-state index in [-0.39, 0.29) is 17.9 Å². The molecular weight excluding hydrogens is 380 g/mol. The maximum atomic E-state index is 11.9. The van der Waals surface area contributed by atoms with E-state index in [0.717, 1.165) is 6.42 Å². The van der Waals surface area contributed by atoms with Gasteiger partial charge in [0.15, 0.2) is 5.96 Å². The van der Waals surface area contributed by atoms with Gasteiger partial charge in [0.1, 0.15) is 11.9 Å². The number of carbonyl (C=O) groups excluding carboxylic acids is 2. The molecule has 28 heavy (non-hydrogen) atoms. The number of piperidine rings is 1. The lowest BCUT2D eigenvalue weighted by Gasteiger charge is -2.25. The van der Waals surface area contributed by atoms with Gasteiger partial charge in [-0.3, -0.25) is 14.5 Å². The van der Waals surface area contributed by atoms with Gasteiger partial charge in [0, 0.05) is 32.5 Å². The minimum Gasteiger partial charge on any atom is -0.487 e. The van der Waals surface area contributed by atoms with Crippen LogP contribution in [0.4, 0.5) is 0 Å². The maximum Gasteiger partial charge on any atom is 0.229 e. The number of aliphatic imine (C=N–C) groups is 1. The first-order chi connectivity index (χ1) is 13.5. The van der Waals surface area contributed by atoms with Crippen LogP contribution < -0.4 is 15.4 Å². The lowest BCUT2D eigenvalue weighted by atomic mass is 10.1. The smallest absolute Gasteiger partial charge is 0.229 e. The van der Waals surface area contributed by atoms with Crippen molar-refractivity contribution >= 4 is 29.4 Å². The largest absolute Gasteiger partial charge is 0.487 e. The molecule has 8 heteroatoms. The number of imide groups is 1. The summed E-state index contributed by atoms with van der Waals surface area (Å²) in [6.45, 7) is 5.96. The highest BCUT2D eigenvalue weighted by molar-refractivity contribution is 6.32. The van der Waals surface area contributed by atoms with Crippen LogP contribution in [-0.4, -0.2) is 55.0 Å². The molecule has 2 N–H and O–H groups in total. The summed E-state index contributed by atoms with van der Waals surface area (Å²) >= 11 is 6.16. The number of nitrogens with zero attached hydrogens (tertiary/aromatic N) is 2. The van der Waals surface area contributed by atoms with Crippen LogP contribution >= 0.6 is 11.6 Å². The van der Waals surface area contributed by atoms with E-state index in [4.69, 9.17) is 16.3 Å². The van der Waals surface area contributed by atoms with Gasteiger partial charge >= 0.3 is 0 Å². The normalized spacial score (nSPS) is 16.1. The van der Waals surface area contributed by atoms with Crippen molar-refractivity contribution in [3.63, 3.8) is 0 Å². The number of guanidine groups is 1. The van der Waals surface area contributed by atoms with E-state index in [1.54, 1.807) is 6.07 Å². The molecule has 2 rings (SSSR count). The van der Waals surface area contributed by atoms with Crippen molar-refractivity contribution in [2.24, 2.45) is 4.99 Å². The lowest BCUT2D eigenvalue weighted by molar-refractivity contribution is -0.147. The lowest BCUT2D eigenvalue weighted by Crippen LogP contribution is -2.46. The standard InChI is InChI=1S/C20H29ClN4O3/c1-3-15(28-17-9-6-5-8-16(17)21)14-24-20(22-4-2)23-12-13-25-18(26)10-7-11-19(25)27/h5-6,8-9,15H,3-4,7,10-14H2,1-2H3,(H2,22,23,24). The fourth-order valence-corrected chi connectivity index (χ4v) is 3.02. The van der Waals surface area contributed by atoms with Crippen LogP contribution in [-0.2, 0) is 9.59 Å². The molecule has 154 valence electrons. The van der Waals surface area contributed by atoms with Gasteiger partial charge in [-0.2, -0.15) is 0 Å². The van der Waals surface area contributed by atoms with Crippen LogP contribution in [0.1, 0.15) is 39.5 Å². The van der Waals surface area contributed by atoms with Crippen molar-refractivity contribution in [2.75, 3.05) is 26.2 Å². The summed E-state index contributed by atoms with van der Waals surface area (Å²) < 4.78 is 5.96. The van der Waals surface area contributed by atoms with Gasteiger partial charge in [-0.15, -0.1) is 0 Å². The highest BCUT2D eigenvalue weighted by Crippen LogP contribution is 2.24. The van der Waals surface area contributed by atoms with Gasteiger partial charge in [0.2, 0.25) is 11.8 Å². The Morgan fingerprint density at radius 1 is 1.21 bits per heavy atom. The van der Waals surface area contributed by atoms with Crippen molar-refractivity contribution in [3.05, 3.63) is 29.3 Å². The number of hydrogen-bond donors (Lipinski definition) is 2. The number of nitrogens with one attached hydrogen (secondary N) is 2. The van der Waals surface area contributed by atoms with Gasteiger partial charge in [0.25, 0.3) is 0 Å². The number of benzene rings is 1. The first kappa shape index (κ1) is 22.0. The number of ether oxygens (including phenoxy) is 1. The molecule has 1 saturated heterocycles. The van der Waals surface area contributed by atoms with Crippen molar-refractivity contribution in [2.45, 2.75) is 45.6 Å². The molecule has 0 radical (unpaired) electrons. The highest BCUT2D eigenvalue weighted by Gasteiger charge is 2.25. The number of hydrogen-bond acceptors (Lipinski definition) is 4. The predicted molar refractivity (Wildman–Crippen MR) is 111 cm³/mol. The van der Waals surface area contributed by atoms with Crippen LogP contribution in [0.2, 0.25) is 5.02 Å². The van der Waals surface area contributed by atoms with Crippen molar-refractivity contribution < 1.29 is 14.3 Å². The van der Waals surface area contributed by atoms with Gasteiger partial charge in [-0.25, -0.2) is 4.99 Å². The molecule has 7 nitrogen and oxygen atoms in total. The third-order valence-electron chi connectivity index (χ3n) is 4.39. The molecule has 0 spiro atoms. The molecule has 0 bridgehead atoms. The minimum absolute atomic E-state index is 0.0980. The Balaban J connectivity index is 1.88. The zero-order chi connectivity index (χ0) is 20.4. The molecule has 0 aromatic heterocycles. The SMILES string of the molecule is CCNC(=NCC(CC)Oc1ccccc1Cl)NCCN1C(=O)CCCC1=O. The first-order valence-electron chi connectivity index (χ1n) is 9.81. The first-order valence-corrected chi connectivity index (χ1v) is 10.2. The summed E-state index contributed by atoms with van der Waals surface area (Å²) in [5.41, 5.74) is 0. The van der Waals surface area contributed by atoms with Crippen molar-refractivity contribution in [3.8, 4) is 5.75 Å². The Labute approximate surface area is 171 Å². The fraction of sp³-hybridized carbons (Fsp3) is 0.550. The second-order valence-corrected chi connectivity index (χ2v) is 6.92. The minimum atomic E-state index is -0.111. The fourth-order valence-electron chi connectivity index (χ4n) is 2.84. The van der Waals surface area contributed by atoms with Crippen molar-refractivity contribution in [1.82, 2.24) is 15.5 Å². The number of amides is 2. The molecule has 1 aliphatic rings. The number of likely N-dealkylation sites (tertiary alicyclic amines) is 1. The predicted octanol–water partition coefficient (Wildman–Crippen LogP) is 2.59. The molecule has 0 saturated carbocycles. The average Bonchev–Trinajstić information content (AvgIpc) is 2.68. The summed E-state index contributed by atoms with van der Waals surface area (Å²) in [6, 6.07) is 7.37. The average molecular weight is 409 g/mol. The molecule has 1 aromatic rings. The molecule has 1 heterocycles. The number of carbonyl (C=O) groups is 2. The summed E-state index contributed by atoms with van der Waals surface area (Å²) in [7, 11) is 0. The number of para-hydroxylation sites is 1. The van der Waals surface area contributed by atoms with E-state index in [1.165, 1.54) is 4.90 Å². The van der Waals surface area contributed by atoms with Crippen LogP contribution in [0.25, 0.3) is 0 Å². The molecule has 1 unspecified atom stereocenters. The number of halogens is 1. The van der Waals surface area contributed by atoms with Crippen LogP contribution in [0, 0.1) is 0 Å². The second kappa shape index (κ2) is 11.5. The van der Waals surface area contributed by atoms with E-state index in [1.807, 2.05) is 32.0 Å². The Morgan fingerprint density at radius 2 is 1.93 bits per heavy atom. The van der Waals surface area contributed by atoms with Crippen molar-refractivity contribution in [1.29, 1.82) is 0 Å². The quantitative estimate of drug-likeness (QED) is 0.373. The third kappa shape index (κ3) is 6.71. The molecule has 1 atom stereocenters. The van der Waals surface area contributed by atoms with Crippen LogP contribution in [0.5, 0.6) is 5.75 Å². The van der Waals surface area contributed by atoms with Gasteiger partial charge < -0.3 is 15.4 Å². The van der Waals surface area contributed by atoms with E-state index in [9.17, 15) is 9.59 Å². The van der Waals surface area contributed by atoms with E-state index in [2.05, 4.69) is 15.6 Å². The van der Waals surface area contributed by atoms with Gasteiger partial charge in [-0.05, 0) is 31.9 Å². The van der Waals surface area contributed by atoms with Gasteiger partial charge in [0.05, 0.1) is 11.6 Å². The Bertz CT molecular complexity index is 680. The van der Waals surface area contributed by atoms with E-state index >= 15 is 0 Å². The summed E-state index contributed by atoms with van der Waals surface area (Å²) in [6.07, 6.45) is 2.20. The Morgan fingerprint density at radius 3 is 2.57 bits per heavy atom. The third-order valence-corrected chi connectivity index (χ3v) is 4.71. The zero-order valence-electron chi connectivity index (χ0n) is 16.5. The number of rotatable bonds is 9. The highest BCUT2D eigenvalue weighted by atomic mass is 35.5. The van der Waals surface area contributed by atoms with Crippen LogP contribution in [0.15, 0.2) is 29.3 Å². The molecular formula is C20H29ClN4O3. The van der Waals surface area contributed by atoms with E-state index in [0.29, 0.717) is 62.2 Å². The van der Waals surface area contributed by atoms with Crippen LogP contribution in [0.3, 0.4) is 0 Å². The summed E-state index contributed by atoms with van der Waals surface area (Å²) in [5.74, 6) is 1.07. The monoisotopic (exact) mass is 408 g/mol. The molecule has 1 aliphatic heterocycles. The molecule has 1 fully saturated rings.